The molecule has 0 unspecified atom stereocenters. The highest BCUT2D eigenvalue weighted by Crippen LogP contribution is 2.38. The fourth-order valence-electron chi connectivity index (χ4n) is 3.21. The van der Waals surface area contributed by atoms with Gasteiger partial charge in [-0.1, -0.05) is 42.5 Å². The second-order valence-electron chi connectivity index (χ2n) is 7.00. The molecule has 0 fully saturated rings. The molecule has 2 amide bonds. The van der Waals surface area contributed by atoms with Gasteiger partial charge in [-0.05, 0) is 41.5 Å². The minimum atomic E-state index is -0.382. The first kappa shape index (κ1) is 23.4. The molecule has 0 bridgehead atoms. The molecule has 0 aliphatic carbocycles. The number of hydrogen-bond donors (Lipinski definition) is 2. The number of ether oxygens (including phenoxy) is 3. The van der Waals surface area contributed by atoms with E-state index in [4.69, 9.17) is 14.2 Å². The van der Waals surface area contributed by atoms with Crippen molar-refractivity contribution in [1.82, 2.24) is 5.32 Å². The highest BCUT2D eigenvalue weighted by Gasteiger charge is 2.14. The van der Waals surface area contributed by atoms with Gasteiger partial charge in [0.25, 0.3) is 5.91 Å². The number of hydrogen-bond acceptors (Lipinski definition) is 5. The third-order valence-electron chi connectivity index (χ3n) is 4.84. The minimum Gasteiger partial charge on any atom is -0.493 e. The number of anilines is 1. The molecule has 0 atom stereocenters. The van der Waals surface area contributed by atoms with Crippen LogP contribution in [0.15, 0.2) is 72.8 Å². The van der Waals surface area contributed by atoms with Crippen LogP contribution in [-0.4, -0.2) is 33.1 Å². The van der Waals surface area contributed by atoms with Crippen LogP contribution in [0.5, 0.6) is 17.2 Å². The summed E-state index contributed by atoms with van der Waals surface area (Å²) in [7, 11) is 4.57. The largest absolute Gasteiger partial charge is 0.493 e. The van der Waals surface area contributed by atoms with Gasteiger partial charge in [0.15, 0.2) is 11.5 Å². The number of carbonyl (C=O) groups excluding carboxylic acids is 2. The Labute approximate surface area is 193 Å². The summed E-state index contributed by atoms with van der Waals surface area (Å²) in [4.78, 5) is 25.2. The summed E-state index contributed by atoms with van der Waals surface area (Å²) in [6, 6.07) is 19.9. The molecule has 3 aromatic rings. The maximum Gasteiger partial charge on any atom is 0.253 e. The normalized spacial score (nSPS) is 10.5. The van der Waals surface area contributed by atoms with Crippen LogP contribution in [0.4, 0.5) is 5.69 Å². The summed E-state index contributed by atoms with van der Waals surface area (Å²) in [5, 5.41) is 5.64. The SMILES string of the molecule is COc1cc(C=CC(=O)Nc2ccccc2C(=O)NCc2ccccc2)cc(OC)c1OC. The molecule has 3 rings (SSSR count). The number of benzene rings is 3. The average Bonchev–Trinajstić information content (AvgIpc) is 2.86. The number of methoxy groups -OCH3 is 3. The monoisotopic (exact) mass is 446 g/mol. The molecule has 3 aromatic carbocycles. The molecule has 7 heteroatoms. The molecule has 0 aromatic heterocycles. The van der Waals surface area contributed by atoms with E-state index in [2.05, 4.69) is 10.6 Å². The van der Waals surface area contributed by atoms with Crippen molar-refractivity contribution in [2.45, 2.75) is 6.54 Å². The van der Waals surface area contributed by atoms with E-state index in [-0.39, 0.29) is 11.8 Å². The van der Waals surface area contributed by atoms with E-state index in [0.717, 1.165) is 5.56 Å². The predicted octanol–water partition coefficient (Wildman–Crippen LogP) is 4.29. The summed E-state index contributed by atoms with van der Waals surface area (Å²) in [6.07, 6.45) is 3.00. The van der Waals surface area contributed by atoms with Gasteiger partial charge in [0, 0.05) is 12.6 Å². The molecule has 0 saturated carbocycles. The van der Waals surface area contributed by atoms with Crippen molar-refractivity contribution in [2.24, 2.45) is 0 Å². The van der Waals surface area contributed by atoms with Gasteiger partial charge >= 0.3 is 0 Å². The van der Waals surface area contributed by atoms with E-state index >= 15 is 0 Å². The third-order valence-corrected chi connectivity index (χ3v) is 4.84. The summed E-state index contributed by atoms with van der Waals surface area (Å²) < 4.78 is 16.0. The van der Waals surface area contributed by atoms with Gasteiger partial charge in [-0.15, -0.1) is 0 Å². The summed E-state index contributed by atoms with van der Waals surface area (Å²) in [5.74, 6) is 0.780. The van der Waals surface area contributed by atoms with Gasteiger partial charge in [0.05, 0.1) is 32.6 Å². The molecule has 0 saturated heterocycles. The Balaban J connectivity index is 1.71. The second kappa shape index (κ2) is 11.4. The number of para-hydroxylation sites is 1. The Morgan fingerprint density at radius 1 is 0.848 bits per heavy atom. The van der Waals surface area contributed by atoms with Crippen LogP contribution in [-0.2, 0) is 11.3 Å². The van der Waals surface area contributed by atoms with Gasteiger partial charge in [-0.3, -0.25) is 9.59 Å². The molecule has 0 aliphatic heterocycles. The summed E-state index contributed by atoms with van der Waals surface area (Å²) >= 11 is 0. The third kappa shape index (κ3) is 6.13. The lowest BCUT2D eigenvalue weighted by molar-refractivity contribution is -0.111. The van der Waals surface area contributed by atoms with Crippen LogP contribution in [0.2, 0.25) is 0 Å². The van der Waals surface area contributed by atoms with Crippen molar-refractivity contribution in [3.8, 4) is 17.2 Å². The van der Waals surface area contributed by atoms with E-state index in [1.807, 2.05) is 30.3 Å². The lowest BCUT2D eigenvalue weighted by Crippen LogP contribution is -2.24. The summed E-state index contributed by atoms with van der Waals surface area (Å²) in [5.41, 5.74) is 2.47. The second-order valence-corrected chi connectivity index (χ2v) is 7.00. The van der Waals surface area contributed by atoms with Crippen LogP contribution in [0.25, 0.3) is 6.08 Å². The summed E-state index contributed by atoms with van der Waals surface area (Å²) in [6.45, 7) is 0.392. The zero-order chi connectivity index (χ0) is 23.6. The average molecular weight is 447 g/mol. The first-order valence-electron chi connectivity index (χ1n) is 10.3. The topological polar surface area (TPSA) is 85.9 Å². The Morgan fingerprint density at radius 2 is 1.48 bits per heavy atom. The van der Waals surface area contributed by atoms with Crippen LogP contribution < -0.4 is 24.8 Å². The quantitative estimate of drug-likeness (QED) is 0.479. The molecule has 170 valence electrons. The highest BCUT2D eigenvalue weighted by molar-refractivity contribution is 6.07. The van der Waals surface area contributed by atoms with Crippen LogP contribution in [0.1, 0.15) is 21.5 Å². The maximum absolute atomic E-state index is 12.7. The lowest BCUT2D eigenvalue weighted by Gasteiger charge is -2.13. The Hall–Kier alpha value is -4.26. The smallest absolute Gasteiger partial charge is 0.253 e. The molecule has 2 N–H and O–H groups in total. The molecule has 0 spiro atoms. The molecule has 0 heterocycles. The van der Waals surface area contributed by atoms with Gasteiger partial charge in [0.2, 0.25) is 11.7 Å². The van der Waals surface area contributed by atoms with Crippen LogP contribution >= 0.6 is 0 Å². The van der Waals surface area contributed by atoms with Gasteiger partial charge in [0.1, 0.15) is 0 Å². The molecule has 7 nitrogen and oxygen atoms in total. The van der Waals surface area contributed by atoms with Crippen molar-refractivity contribution in [1.29, 1.82) is 0 Å². The van der Waals surface area contributed by atoms with Crippen molar-refractivity contribution >= 4 is 23.6 Å². The number of nitrogens with one attached hydrogen (secondary N) is 2. The van der Waals surface area contributed by atoms with Crippen molar-refractivity contribution in [2.75, 3.05) is 26.6 Å². The zero-order valence-corrected chi connectivity index (χ0v) is 18.8. The molecule has 0 radical (unpaired) electrons. The molecular formula is C26H26N2O5. The maximum atomic E-state index is 12.7. The van der Waals surface area contributed by atoms with E-state index in [9.17, 15) is 9.59 Å². The predicted molar refractivity (Wildman–Crippen MR) is 128 cm³/mol. The van der Waals surface area contributed by atoms with Gasteiger partial charge in [-0.25, -0.2) is 0 Å². The molecular weight excluding hydrogens is 420 g/mol. The fraction of sp³-hybridized carbons (Fsp3) is 0.154. The van der Waals surface area contributed by atoms with Crippen molar-refractivity contribution in [3.05, 3.63) is 89.5 Å². The Kier molecular flexibility index (Phi) is 8.07. The molecule has 0 aliphatic rings. The number of carbonyl (C=O) groups is 2. The van der Waals surface area contributed by atoms with Gasteiger partial charge < -0.3 is 24.8 Å². The first-order valence-corrected chi connectivity index (χ1v) is 10.3. The lowest BCUT2D eigenvalue weighted by atomic mass is 10.1. The Morgan fingerprint density at radius 3 is 2.12 bits per heavy atom. The van der Waals surface area contributed by atoms with E-state index in [1.54, 1.807) is 42.5 Å². The van der Waals surface area contributed by atoms with E-state index in [0.29, 0.717) is 40.6 Å². The van der Waals surface area contributed by atoms with Crippen molar-refractivity contribution < 1.29 is 23.8 Å². The zero-order valence-electron chi connectivity index (χ0n) is 18.8. The highest BCUT2D eigenvalue weighted by atomic mass is 16.5. The van der Waals surface area contributed by atoms with Gasteiger partial charge in [-0.2, -0.15) is 0 Å². The Bertz CT molecular complexity index is 1120. The number of amides is 2. The first-order chi connectivity index (χ1) is 16.0. The van der Waals surface area contributed by atoms with Crippen LogP contribution in [0.3, 0.4) is 0 Å². The van der Waals surface area contributed by atoms with Crippen LogP contribution in [0, 0.1) is 0 Å². The number of rotatable bonds is 9. The fourth-order valence-corrected chi connectivity index (χ4v) is 3.21. The molecule has 33 heavy (non-hydrogen) atoms. The van der Waals surface area contributed by atoms with Crippen molar-refractivity contribution in [3.63, 3.8) is 0 Å². The minimum absolute atomic E-state index is 0.275. The standard InChI is InChI=1S/C26H26N2O5/c1-31-22-15-19(16-23(32-2)25(22)33-3)13-14-24(29)28-21-12-8-7-11-20(21)26(30)27-17-18-9-5-4-6-10-18/h4-16H,17H2,1-3H3,(H,27,30)(H,28,29). The van der Waals surface area contributed by atoms with E-state index in [1.165, 1.54) is 27.4 Å². The van der Waals surface area contributed by atoms with E-state index < -0.39 is 0 Å².